The van der Waals surface area contributed by atoms with E-state index in [1.807, 2.05) is 6.20 Å². The number of thiol groups is 1. The van der Waals surface area contributed by atoms with Crippen molar-refractivity contribution in [2.75, 3.05) is 11.5 Å². The molecule has 1 heterocycles. The van der Waals surface area contributed by atoms with Gasteiger partial charge in [0.2, 0.25) is 0 Å². The molecule has 0 fully saturated rings. The van der Waals surface area contributed by atoms with Gasteiger partial charge in [0.1, 0.15) is 5.03 Å². The molecule has 1 aromatic rings. The molecule has 0 aliphatic rings. The summed E-state index contributed by atoms with van der Waals surface area (Å²) in [6.07, 6.45) is 7.67. The zero-order valence-electron chi connectivity index (χ0n) is 8.39. The molecule has 2 nitrogen and oxygen atoms in total. The minimum Gasteiger partial charge on any atom is -0.260 e. The van der Waals surface area contributed by atoms with Crippen LogP contribution in [0.25, 0.3) is 0 Å². The molecule has 0 aliphatic heterocycles. The fourth-order valence-electron chi connectivity index (χ4n) is 1.09. The summed E-state index contributed by atoms with van der Waals surface area (Å²) in [6, 6.07) is 0. The van der Waals surface area contributed by atoms with Crippen molar-refractivity contribution in [3.8, 4) is 0 Å². The summed E-state index contributed by atoms with van der Waals surface area (Å²) in [5.74, 6) is 2.86. The third-order valence-electron chi connectivity index (χ3n) is 2.02. The van der Waals surface area contributed by atoms with E-state index < -0.39 is 0 Å². The van der Waals surface area contributed by atoms with Gasteiger partial charge in [0, 0.05) is 12.4 Å². The number of thioether (sulfide) groups is 1. The molecule has 1 unspecified atom stereocenters. The molecule has 1 aromatic heterocycles. The van der Waals surface area contributed by atoms with Gasteiger partial charge in [-0.2, -0.15) is 12.6 Å². The first-order valence-corrected chi connectivity index (χ1v) is 6.44. The van der Waals surface area contributed by atoms with Gasteiger partial charge in [-0.1, -0.05) is 6.92 Å². The Kier molecular flexibility index (Phi) is 6.03. The highest BCUT2D eigenvalue weighted by Gasteiger charge is 2.01. The molecule has 4 heteroatoms. The lowest BCUT2D eigenvalue weighted by Crippen LogP contribution is -1.97. The smallest absolute Gasteiger partial charge is 0.114 e. The van der Waals surface area contributed by atoms with Crippen LogP contribution in [0.2, 0.25) is 0 Å². The molecule has 0 saturated heterocycles. The lowest BCUT2D eigenvalue weighted by atomic mass is 10.1. The number of rotatable bonds is 6. The second kappa shape index (κ2) is 7.12. The zero-order valence-corrected chi connectivity index (χ0v) is 10.1. The Morgan fingerprint density at radius 1 is 1.43 bits per heavy atom. The van der Waals surface area contributed by atoms with Gasteiger partial charge in [0.25, 0.3) is 0 Å². The van der Waals surface area contributed by atoms with Crippen LogP contribution < -0.4 is 0 Å². The van der Waals surface area contributed by atoms with Gasteiger partial charge in [-0.25, -0.2) is 4.98 Å². The molecule has 0 amide bonds. The van der Waals surface area contributed by atoms with Crippen molar-refractivity contribution < 1.29 is 0 Å². The first-order valence-electron chi connectivity index (χ1n) is 4.82. The SMILES string of the molecule is CC(CCS)CCSc1cnccn1. The summed E-state index contributed by atoms with van der Waals surface area (Å²) < 4.78 is 0. The quantitative estimate of drug-likeness (QED) is 0.599. The second-order valence-electron chi connectivity index (χ2n) is 3.30. The monoisotopic (exact) mass is 228 g/mol. The molecule has 78 valence electrons. The normalized spacial score (nSPS) is 12.7. The highest BCUT2D eigenvalue weighted by atomic mass is 32.2. The Labute approximate surface area is 95.3 Å². The average molecular weight is 228 g/mol. The Balaban J connectivity index is 2.16. The molecule has 0 radical (unpaired) electrons. The van der Waals surface area contributed by atoms with Gasteiger partial charge in [-0.3, -0.25) is 4.98 Å². The summed E-state index contributed by atoms with van der Waals surface area (Å²) >= 11 is 6.00. The average Bonchev–Trinajstić information content (AvgIpc) is 2.20. The summed E-state index contributed by atoms with van der Waals surface area (Å²) in [6.45, 7) is 2.27. The number of nitrogens with zero attached hydrogens (tertiary/aromatic N) is 2. The maximum absolute atomic E-state index is 4.22. The van der Waals surface area contributed by atoms with Crippen molar-refractivity contribution in [3.05, 3.63) is 18.6 Å². The molecule has 14 heavy (non-hydrogen) atoms. The van der Waals surface area contributed by atoms with E-state index in [-0.39, 0.29) is 0 Å². The van der Waals surface area contributed by atoms with Crippen LogP contribution >= 0.6 is 24.4 Å². The number of hydrogen-bond donors (Lipinski definition) is 1. The Morgan fingerprint density at radius 2 is 2.29 bits per heavy atom. The van der Waals surface area contributed by atoms with Crippen molar-refractivity contribution in [1.29, 1.82) is 0 Å². The van der Waals surface area contributed by atoms with Crippen LogP contribution in [0, 0.1) is 5.92 Å². The lowest BCUT2D eigenvalue weighted by Gasteiger charge is -2.08. The van der Waals surface area contributed by atoms with Crippen molar-refractivity contribution >= 4 is 24.4 Å². The first-order chi connectivity index (χ1) is 6.83. The Hall–Kier alpha value is -0.220. The second-order valence-corrected chi connectivity index (χ2v) is 4.86. The molecule has 1 rings (SSSR count). The Morgan fingerprint density at radius 3 is 2.93 bits per heavy atom. The first kappa shape index (κ1) is 11.9. The number of aromatic nitrogens is 2. The maximum Gasteiger partial charge on any atom is 0.114 e. The molecular weight excluding hydrogens is 212 g/mol. The van der Waals surface area contributed by atoms with Crippen molar-refractivity contribution in [3.63, 3.8) is 0 Å². The maximum atomic E-state index is 4.22. The topological polar surface area (TPSA) is 25.8 Å². The minimum absolute atomic E-state index is 0.761. The summed E-state index contributed by atoms with van der Waals surface area (Å²) in [4.78, 5) is 8.23. The van der Waals surface area contributed by atoms with Crippen LogP contribution in [0.4, 0.5) is 0 Å². The molecule has 0 N–H and O–H groups in total. The standard InChI is InChI=1S/C10H16N2S2/c1-9(2-6-13)3-7-14-10-8-11-4-5-12-10/h4-5,8-9,13H,2-3,6-7H2,1H3. The van der Waals surface area contributed by atoms with Gasteiger partial charge in [0.15, 0.2) is 0 Å². The molecule has 0 spiro atoms. The van der Waals surface area contributed by atoms with Crippen LogP contribution in [0.3, 0.4) is 0 Å². The molecular formula is C10H16N2S2. The fourth-order valence-corrected chi connectivity index (χ4v) is 2.53. The van der Waals surface area contributed by atoms with Crippen LogP contribution in [-0.2, 0) is 0 Å². The predicted molar refractivity (Wildman–Crippen MR) is 65.0 cm³/mol. The number of hydrogen-bond acceptors (Lipinski definition) is 4. The van der Waals surface area contributed by atoms with Gasteiger partial charge >= 0.3 is 0 Å². The van der Waals surface area contributed by atoms with E-state index >= 15 is 0 Å². The molecule has 0 aromatic carbocycles. The largest absolute Gasteiger partial charge is 0.260 e. The van der Waals surface area contributed by atoms with Crippen molar-refractivity contribution in [2.45, 2.75) is 24.8 Å². The van der Waals surface area contributed by atoms with Crippen LogP contribution in [0.15, 0.2) is 23.6 Å². The van der Waals surface area contributed by atoms with E-state index in [9.17, 15) is 0 Å². The van der Waals surface area contributed by atoms with Gasteiger partial charge in [0.05, 0.1) is 6.20 Å². The van der Waals surface area contributed by atoms with Crippen LogP contribution in [-0.4, -0.2) is 21.5 Å². The van der Waals surface area contributed by atoms with E-state index in [4.69, 9.17) is 0 Å². The lowest BCUT2D eigenvalue weighted by molar-refractivity contribution is 0.554. The summed E-state index contributed by atoms with van der Waals surface area (Å²) in [5, 5.41) is 1.02. The highest BCUT2D eigenvalue weighted by Crippen LogP contribution is 2.18. The van der Waals surface area contributed by atoms with Crippen molar-refractivity contribution in [2.24, 2.45) is 5.92 Å². The van der Waals surface area contributed by atoms with E-state index in [1.54, 1.807) is 24.2 Å². The van der Waals surface area contributed by atoms with E-state index in [2.05, 4.69) is 29.5 Å². The van der Waals surface area contributed by atoms with Gasteiger partial charge < -0.3 is 0 Å². The zero-order chi connectivity index (χ0) is 10.2. The summed E-state index contributed by atoms with van der Waals surface area (Å²) in [7, 11) is 0. The van der Waals surface area contributed by atoms with E-state index in [0.717, 1.165) is 22.4 Å². The van der Waals surface area contributed by atoms with E-state index in [0.29, 0.717) is 0 Å². The van der Waals surface area contributed by atoms with Crippen molar-refractivity contribution in [1.82, 2.24) is 9.97 Å². The Bertz CT molecular complexity index is 241. The van der Waals surface area contributed by atoms with E-state index in [1.165, 1.54) is 12.8 Å². The highest BCUT2D eigenvalue weighted by molar-refractivity contribution is 7.99. The predicted octanol–water partition coefficient (Wildman–Crippen LogP) is 2.91. The fraction of sp³-hybridized carbons (Fsp3) is 0.600. The van der Waals surface area contributed by atoms with Crippen LogP contribution in [0.5, 0.6) is 0 Å². The minimum atomic E-state index is 0.761. The van der Waals surface area contributed by atoms with Gasteiger partial charge in [-0.15, -0.1) is 11.8 Å². The molecule has 0 bridgehead atoms. The van der Waals surface area contributed by atoms with Gasteiger partial charge in [-0.05, 0) is 30.3 Å². The molecule has 1 atom stereocenters. The third kappa shape index (κ3) is 4.86. The third-order valence-corrected chi connectivity index (χ3v) is 3.23. The summed E-state index contributed by atoms with van der Waals surface area (Å²) in [5.41, 5.74) is 0. The van der Waals surface area contributed by atoms with Crippen LogP contribution in [0.1, 0.15) is 19.8 Å². The molecule has 0 aliphatic carbocycles. The molecule has 0 saturated carbocycles.